The van der Waals surface area contributed by atoms with E-state index >= 15 is 0 Å². The van der Waals surface area contributed by atoms with Crippen molar-refractivity contribution in [2.75, 3.05) is 0 Å². The minimum Gasteiger partial charge on any atom is -0.481 e. The molecule has 19 heavy (non-hydrogen) atoms. The summed E-state index contributed by atoms with van der Waals surface area (Å²) in [4.78, 5) is 23.0. The number of hydrogen-bond acceptors (Lipinski definition) is 2. The largest absolute Gasteiger partial charge is 0.481 e. The summed E-state index contributed by atoms with van der Waals surface area (Å²) in [5, 5.41) is 11.8. The third-order valence-electron chi connectivity index (χ3n) is 3.46. The fourth-order valence-corrected chi connectivity index (χ4v) is 1.84. The first-order chi connectivity index (χ1) is 8.95. The fraction of sp³-hybridized carbons (Fsp3) is 0.467. The third kappa shape index (κ3) is 4.39. The first-order valence-corrected chi connectivity index (χ1v) is 6.56. The molecule has 0 heterocycles. The maximum atomic E-state index is 12.2. The first-order valence-electron chi connectivity index (χ1n) is 6.56. The Bertz CT molecular complexity index is 456. The highest BCUT2D eigenvalue weighted by Crippen LogP contribution is 2.12. The molecule has 0 aliphatic rings. The van der Waals surface area contributed by atoms with Gasteiger partial charge in [0.1, 0.15) is 0 Å². The van der Waals surface area contributed by atoms with Gasteiger partial charge in [-0.25, -0.2) is 0 Å². The lowest BCUT2D eigenvalue weighted by Gasteiger charge is -2.20. The molecule has 4 nitrogen and oxygen atoms in total. The summed E-state index contributed by atoms with van der Waals surface area (Å²) in [7, 11) is 0. The van der Waals surface area contributed by atoms with Gasteiger partial charge in [-0.1, -0.05) is 38.5 Å². The van der Waals surface area contributed by atoms with Gasteiger partial charge in [-0.05, 0) is 24.5 Å². The van der Waals surface area contributed by atoms with Crippen LogP contribution in [0.2, 0.25) is 0 Å². The second kappa shape index (κ2) is 6.92. The van der Waals surface area contributed by atoms with E-state index in [1.165, 1.54) is 0 Å². The van der Waals surface area contributed by atoms with Crippen LogP contribution in [0.4, 0.5) is 0 Å². The van der Waals surface area contributed by atoms with E-state index < -0.39 is 5.97 Å². The van der Waals surface area contributed by atoms with E-state index in [4.69, 9.17) is 5.11 Å². The zero-order valence-corrected chi connectivity index (χ0v) is 11.6. The summed E-state index contributed by atoms with van der Waals surface area (Å²) >= 11 is 0. The molecule has 0 saturated carbocycles. The molecule has 0 radical (unpaired) electrons. The summed E-state index contributed by atoms with van der Waals surface area (Å²) in [5.41, 5.74) is 0.990. The van der Waals surface area contributed by atoms with Crippen LogP contribution in [0.5, 0.6) is 0 Å². The summed E-state index contributed by atoms with van der Waals surface area (Å²) in [6, 6.07) is 6.89. The Kier molecular flexibility index (Phi) is 5.55. The van der Waals surface area contributed by atoms with Gasteiger partial charge in [0.05, 0.1) is 6.42 Å². The van der Waals surface area contributed by atoms with Gasteiger partial charge in [-0.3, -0.25) is 9.59 Å². The number of carbonyl (C=O) groups excluding carboxylic acids is 1. The van der Waals surface area contributed by atoms with Crippen LogP contribution in [0.3, 0.4) is 0 Å². The Hall–Kier alpha value is -1.84. The fourth-order valence-electron chi connectivity index (χ4n) is 1.84. The minimum atomic E-state index is -0.935. The molecule has 0 aromatic heterocycles. The lowest BCUT2D eigenvalue weighted by Crippen LogP contribution is -2.37. The number of aliphatic carboxylic acids is 1. The average molecular weight is 263 g/mol. The molecule has 2 atom stereocenters. The van der Waals surface area contributed by atoms with Crippen LogP contribution in [-0.2, 0) is 11.2 Å². The van der Waals surface area contributed by atoms with Crippen molar-refractivity contribution in [3.05, 3.63) is 35.4 Å². The van der Waals surface area contributed by atoms with E-state index in [0.717, 1.165) is 6.42 Å². The molecule has 104 valence electrons. The highest BCUT2D eigenvalue weighted by molar-refractivity contribution is 5.96. The van der Waals surface area contributed by atoms with Crippen LogP contribution < -0.4 is 5.32 Å². The Balaban J connectivity index is 2.84. The molecule has 1 rings (SSSR count). The topological polar surface area (TPSA) is 66.4 Å². The Morgan fingerprint density at radius 1 is 1.26 bits per heavy atom. The van der Waals surface area contributed by atoms with E-state index in [9.17, 15) is 9.59 Å². The Labute approximate surface area is 113 Å². The van der Waals surface area contributed by atoms with Crippen LogP contribution in [0, 0.1) is 5.92 Å². The van der Waals surface area contributed by atoms with E-state index in [2.05, 4.69) is 19.2 Å². The summed E-state index contributed by atoms with van der Waals surface area (Å²) in [6.45, 7) is 6.12. The van der Waals surface area contributed by atoms with Crippen LogP contribution in [0.15, 0.2) is 24.3 Å². The maximum absolute atomic E-state index is 12.2. The number of carboxylic acids is 1. The molecule has 0 aliphatic heterocycles. The van der Waals surface area contributed by atoms with E-state index in [1.807, 2.05) is 6.92 Å². The second-order valence-corrected chi connectivity index (χ2v) is 4.88. The summed E-state index contributed by atoms with van der Waals surface area (Å²) in [5.74, 6) is -0.754. The van der Waals surface area contributed by atoms with Crippen LogP contribution in [0.1, 0.15) is 43.1 Å². The van der Waals surface area contributed by atoms with Crippen molar-refractivity contribution in [3.63, 3.8) is 0 Å². The number of carboxylic acid groups (broad SMARTS) is 1. The van der Waals surface area contributed by atoms with Gasteiger partial charge < -0.3 is 10.4 Å². The van der Waals surface area contributed by atoms with Crippen LogP contribution >= 0.6 is 0 Å². The second-order valence-electron chi connectivity index (χ2n) is 4.88. The van der Waals surface area contributed by atoms with Crippen molar-refractivity contribution >= 4 is 11.9 Å². The average Bonchev–Trinajstić information content (AvgIpc) is 2.37. The van der Waals surface area contributed by atoms with Crippen molar-refractivity contribution in [1.29, 1.82) is 0 Å². The van der Waals surface area contributed by atoms with Crippen molar-refractivity contribution in [1.82, 2.24) is 5.32 Å². The van der Waals surface area contributed by atoms with Gasteiger partial charge in [0.15, 0.2) is 0 Å². The normalized spacial score (nSPS) is 13.6. The predicted molar refractivity (Wildman–Crippen MR) is 74.2 cm³/mol. The lowest BCUT2D eigenvalue weighted by molar-refractivity contribution is -0.136. The van der Waals surface area contributed by atoms with Crippen molar-refractivity contribution in [2.24, 2.45) is 5.92 Å². The number of amides is 1. The molecule has 2 unspecified atom stereocenters. The lowest BCUT2D eigenvalue weighted by atomic mass is 9.99. The number of hydrogen-bond donors (Lipinski definition) is 2. The molecule has 0 aliphatic carbocycles. The molecule has 1 aromatic carbocycles. The van der Waals surface area contributed by atoms with Gasteiger partial charge in [-0.15, -0.1) is 0 Å². The number of nitrogens with one attached hydrogen (secondary N) is 1. The molecule has 1 amide bonds. The van der Waals surface area contributed by atoms with Crippen molar-refractivity contribution in [2.45, 2.75) is 39.7 Å². The molecule has 0 spiro atoms. The molecule has 0 fully saturated rings. The maximum Gasteiger partial charge on any atom is 0.307 e. The van der Waals surface area contributed by atoms with Crippen LogP contribution in [-0.4, -0.2) is 23.0 Å². The minimum absolute atomic E-state index is 0.0652. The SMILES string of the molecule is CCC(C)C(C)NC(=O)c1ccccc1CC(=O)O. The van der Waals surface area contributed by atoms with Crippen molar-refractivity contribution in [3.8, 4) is 0 Å². The Morgan fingerprint density at radius 3 is 2.47 bits per heavy atom. The highest BCUT2D eigenvalue weighted by Gasteiger charge is 2.17. The van der Waals surface area contributed by atoms with E-state index in [1.54, 1.807) is 24.3 Å². The standard InChI is InChI=1S/C15H21NO3/c1-4-10(2)11(3)16-15(19)13-8-6-5-7-12(13)9-14(17)18/h5-8,10-11H,4,9H2,1-3H3,(H,16,19)(H,17,18). The molecule has 0 bridgehead atoms. The predicted octanol–water partition coefficient (Wildman–Crippen LogP) is 2.48. The van der Waals surface area contributed by atoms with E-state index in [-0.39, 0.29) is 18.4 Å². The van der Waals surface area contributed by atoms with Gasteiger partial charge in [0.2, 0.25) is 0 Å². The molecule has 2 N–H and O–H groups in total. The molecular formula is C15H21NO3. The number of carbonyl (C=O) groups is 2. The van der Waals surface area contributed by atoms with Gasteiger partial charge in [0, 0.05) is 11.6 Å². The molecule has 0 saturated heterocycles. The molecule has 1 aromatic rings. The summed E-state index contributed by atoms with van der Waals surface area (Å²) < 4.78 is 0. The van der Waals surface area contributed by atoms with Gasteiger partial charge in [0.25, 0.3) is 5.91 Å². The quantitative estimate of drug-likeness (QED) is 0.828. The number of rotatable bonds is 6. The van der Waals surface area contributed by atoms with Gasteiger partial charge in [-0.2, -0.15) is 0 Å². The monoisotopic (exact) mass is 263 g/mol. The van der Waals surface area contributed by atoms with Crippen LogP contribution in [0.25, 0.3) is 0 Å². The zero-order chi connectivity index (χ0) is 14.4. The van der Waals surface area contributed by atoms with Crippen molar-refractivity contribution < 1.29 is 14.7 Å². The number of benzene rings is 1. The first kappa shape index (κ1) is 15.2. The third-order valence-corrected chi connectivity index (χ3v) is 3.46. The van der Waals surface area contributed by atoms with Gasteiger partial charge >= 0.3 is 5.97 Å². The molecule has 4 heteroatoms. The highest BCUT2D eigenvalue weighted by atomic mass is 16.4. The Morgan fingerprint density at radius 2 is 1.89 bits per heavy atom. The molecular weight excluding hydrogens is 242 g/mol. The van der Waals surface area contributed by atoms with E-state index in [0.29, 0.717) is 17.0 Å². The summed E-state index contributed by atoms with van der Waals surface area (Å²) in [6.07, 6.45) is 0.847. The zero-order valence-electron chi connectivity index (χ0n) is 11.6. The smallest absolute Gasteiger partial charge is 0.307 e.